The van der Waals surface area contributed by atoms with Gasteiger partial charge in [-0.3, -0.25) is 4.79 Å². The van der Waals surface area contributed by atoms with Crippen LogP contribution in [0.5, 0.6) is 0 Å². The van der Waals surface area contributed by atoms with Crippen molar-refractivity contribution in [3.05, 3.63) is 23.5 Å². The Morgan fingerprint density at radius 1 is 0.773 bits per heavy atom. The predicted octanol–water partition coefficient (Wildman–Crippen LogP) is 8.32. The fraction of sp³-hybridized carbons (Fsp3) is 0.833. The summed E-state index contributed by atoms with van der Waals surface area (Å²) in [6.07, 6.45) is 22.3. The fourth-order valence-corrected chi connectivity index (χ4v) is 6.85. The second-order valence-electron chi connectivity index (χ2n) is 13.1. The number of hydrogen-bond donors (Lipinski definition) is 0. The van der Waals surface area contributed by atoms with E-state index in [-0.39, 0.29) is 36.5 Å². The van der Waals surface area contributed by atoms with Gasteiger partial charge in [-0.05, 0) is 128 Å². The largest absolute Gasteiger partial charge is 0.463 e. The molecule has 6 atom stereocenters. The normalized spacial score (nSPS) is 26.5. The lowest BCUT2D eigenvalue weighted by atomic mass is 9.85. The van der Waals surface area contributed by atoms with E-state index in [4.69, 9.17) is 28.4 Å². The van der Waals surface area contributed by atoms with Crippen molar-refractivity contribution in [3.8, 4) is 0 Å². The number of carbonyl (C=O) groups is 2. The van der Waals surface area contributed by atoms with Gasteiger partial charge in [-0.25, -0.2) is 4.79 Å². The van der Waals surface area contributed by atoms with E-state index in [1.165, 1.54) is 32.4 Å². The molecule has 0 aromatic heterocycles. The van der Waals surface area contributed by atoms with E-state index < -0.39 is 5.97 Å². The summed E-state index contributed by atoms with van der Waals surface area (Å²) < 4.78 is 34.7. The fourth-order valence-electron chi connectivity index (χ4n) is 6.85. The molecule has 1 aliphatic carbocycles. The van der Waals surface area contributed by atoms with Crippen molar-refractivity contribution >= 4 is 11.9 Å². The topological polar surface area (TPSA) is 89.5 Å². The van der Waals surface area contributed by atoms with Crippen LogP contribution in [0.4, 0.5) is 0 Å². The molecule has 0 amide bonds. The van der Waals surface area contributed by atoms with Crippen LogP contribution in [-0.4, -0.2) is 57.1 Å². The average Bonchev–Trinajstić information content (AvgIpc) is 3.39. The van der Waals surface area contributed by atoms with Crippen LogP contribution in [-0.2, 0) is 38.0 Å². The van der Waals surface area contributed by atoms with E-state index in [0.29, 0.717) is 18.4 Å². The van der Waals surface area contributed by atoms with Crippen LogP contribution in [0.15, 0.2) is 23.5 Å². The van der Waals surface area contributed by atoms with Gasteiger partial charge in [0.1, 0.15) is 6.10 Å². The summed E-state index contributed by atoms with van der Waals surface area (Å²) in [7, 11) is 1.37. The van der Waals surface area contributed by atoms with E-state index in [2.05, 4.69) is 19.9 Å². The summed E-state index contributed by atoms with van der Waals surface area (Å²) in [5.41, 5.74) is 1.38. The van der Waals surface area contributed by atoms with Crippen LogP contribution >= 0.6 is 0 Å². The first-order valence-corrected chi connectivity index (χ1v) is 17.5. The molecule has 2 saturated heterocycles. The van der Waals surface area contributed by atoms with E-state index in [1.54, 1.807) is 0 Å². The molecule has 44 heavy (non-hydrogen) atoms. The van der Waals surface area contributed by atoms with Crippen molar-refractivity contribution in [2.45, 2.75) is 161 Å². The molecule has 2 heterocycles. The minimum atomic E-state index is -0.461. The maximum absolute atomic E-state index is 12.3. The number of rotatable bonds is 19. The summed E-state index contributed by atoms with van der Waals surface area (Å²) in [5, 5.41) is 0. The zero-order valence-electron chi connectivity index (χ0n) is 28.0. The van der Waals surface area contributed by atoms with E-state index in [1.807, 2.05) is 6.08 Å². The molecule has 3 fully saturated rings. The summed E-state index contributed by atoms with van der Waals surface area (Å²) in [5.74, 6) is 0.443. The van der Waals surface area contributed by atoms with Gasteiger partial charge in [0.05, 0.1) is 19.8 Å². The number of unbranched alkanes of at least 4 members (excludes halogenated alkanes) is 4. The number of hydrogen-bond acceptors (Lipinski definition) is 8. The lowest BCUT2D eigenvalue weighted by Crippen LogP contribution is -2.29. The van der Waals surface area contributed by atoms with Gasteiger partial charge in [-0.2, -0.15) is 0 Å². The minimum absolute atomic E-state index is 0.0180. The molecule has 8 nitrogen and oxygen atoms in total. The summed E-state index contributed by atoms with van der Waals surface area (Å²) in [6, 6.07) is 0. The van der Waals surface area contributed by atoms with Crippen LogP contribution in [0.3, 0.4) is 0 Å². The third-order valence-electron chi connectivity index (χ3n) is 9.20. The maximum atomic E-state index is 12.3. The number of allylic oxidation sites excluding steroid dienone is 3. The minimum Gasteiger partial charge on any atom is -0.463 e. The van der Waals surface area contributed by atoms with Gasteiger partial charge in [0.15, 0.2) is 12.6 Å². The molecular weight excluding hydrogens is 560 g/mol. The molecule has 0 bridgehead atoms. The van der Waals surface area contributed by atoms with Gasteiger partial charge in [0.25, 0.3) is 0 Å². The van der Waals surface area contributed by atoms with Crippen molar-refractivity contribution in [2.75, 3.05) is 20.3 Å². The Morgan fingerprint density at radius 2 is 1.48 bits per heavy atom. The van der Waals surface area contributed by atoms with E-state index >= 15 is 0 Å². The van der Waals surface area contributed by atoms with Gasteiger partial charge in [-0.15, -0.1) is 0 Å². The first-order chi connectivity index (χ1) is 21.4. The second-order valence-corrected chi connectivity index (χ2v) is 13.1. The van der Waals surface area contributed by atoms with Crippen LogP contribution in [0.2, 0.25) is 0 Å². The highest BCUT2D eigenvalue weighted by molar-refractivity contribution is 5.86. The molecule has 0 radical (unpaired) electrons. The molecule has 0 spiro atoms. The summed E-state index contributed by atoms with van der Waals surface area (Å²) >= 11 is 0. The molecule has 8 heteroatoms. The Hall–Kier alpha value is -1.90. The highest BCUT2D eigenvalue weighted by Gasteiger charge is 2.38. The Balaban J connectivity index is 1.52. The number of esters is 2. The average molecular weight is 621 g/mol. The van der Waals surface area contributed by atoms with Crippen LogP contribution in [0, 0.1) is 11.8 Å². The molecule has 3 aliphatic rings. The monoisotopic (exact) mass is 620 g/mol. The maximum Gasteiger partial charge on any atom is 0.373 e. The number of methoxy groups -OCH3 is 1. The molecule has 0 aromatic rings. The van der Waals surface area contributed by atoms with Crippen molar-refractivity contribution in [3.63, 3.8) is 0 Å². The van der Waals surface area contributed by atoms with Crippen molar-refractivity contribution < 1.29 is 38.0 Å². The number of ether oxygens (including phenoxy) is 6. The molecule has 2 aliphatic heterocycles. The van der Waals surface area contributed by atoms with Crippen molar-refractivity contribution in [2.24, 2.45) is 11.8 Å². The molecule has 3 unspecified atom stereocenters. The van der Waals surface area contributed by atoms with Gasteiger partial charge in [0, 0.05) is 20.0 Å². The molecule has 0 N–H and O–H groups in total. The van der Waals surface area contributed by atoms with Crippen LogP contribution in [0.25, 0.3) is 0 Å². The third-order valence-corrected chi connectivity index (χ3v) is 9.20. The van der Waals surface area contributed by atoms with Crippen LogP contribution < -0.4 is 0 Å². The molecule has 252 valence electrons. The lowest BCUT2D eigenvalue weighted by molar-refractivity contribution is -0.191. The Kier molecular flexibility index (Phi) is 17.5. The second kappa shape index (κ2) is 21.0. The van der Waals surface area contributed by atoms with Crippen molar-refractivity contribution in [1.82, 2.24) is 0 Å². The summed E-state index contributed by atoms with van der Waals surface area (Å²) in [4.78, 5) is 24.2. The quantitative estimate of drug-likeness (QED) is 0.0468. The van der Waals surface area contributed by atoms with Gasteiger partial charge in [0.2, 0.25) is 5.76 Å². The third kappa shape index (κ3) is 14.0. The first-order valence-electron chi connectivity index (χ1n) is 17.5. The molecule has 3 rings (SSSR count). The molecule has 1 saturated carbocycles. The van der Waals surface area contributed by atoms with E-state index in [9.17, 15) is 9.59 Å². The van der Waals surface area contributed by atoms with Gasteiger partial charge < -0.3 is 28.4 Å². The van der Waals surface area contributed by atoms with Gasteiger partial charge >= 0.3 is 11.9 Å². The molecular formula is C36H60O8. The smallest absolute Gasteiger partial charge is 0.373 e. The lowest BCUT2D eigenvalue weighted by Gasteiger charge is -2.30. The van der Waals surface area contributed by atoms with Crippen LogP contribution in [0.1, 0.15) is 136 Å². The Labute approximate surface area is 266 Å². The summed E-state index contributed by atoms with van der Waals surface area (Å²) in [6.45, 7) is 7.28. The first kappa shape index (κ1) is 36.6. The highest BCUT2D eigenvalue weighted by atomic mass is 16.7. The highest BCUT2D eigenvalue weighted by Crippen LogP contribution is 2.41. The number of carbonyl (C=O) groups excluding carboxylic acids is 2. The zero-order valence-corrected chi connectivity index (χ0v) is 28.0. The molecule has 0 aromatic carbocycles. The predicted molar refractivity (Wildman–Crippen MR) is 171 cm³/mol. The van der Waals surface area contributed by atoms with Crippen molar-refractivity contribution in [1.29, 1.82) is 0 Å². The SMILES string of the molecule is COC(=O)C(=CCCCC[C@@H]1[C@@H](CCC(CCCCC=C(C)C)OC2CCCCO2)CC[C@H]1OC(C)=O)OC1CCCCO1. The van der Waals surface area contributed by atoms with E-state index in [0.717, 1.165) is 109 Å². The van der Waals surface area contributed by atoms with Gasteiger partial charge in [-0.1, -0.05) is 24.5 Å². The Bertz CT molecular complexity index is 883. The zero-order chi connectivity index (χ0) is 31.6. The Morgan fingerprint density at radius 3 is 2.14 bits per heavy atom. The standard InChI is InChI=1S/C36H60O8/c1-27(2)15-7-5-8-16-30(43-34-19-11-13-25-40-34)23-21-29-22-24-32(42-28(3)37)31(29)17-9-6-10-18-33(36(38)39-4)44-35-20-12-14-26-41-35/h15,18,29-32,34-35H,5-14,16-17,19-26H2,1-4H3/t29-,30?,31+,32+,34?,35?/m0/s1.